The summed E-state index contributed by atoms with van der Waals surface area (Å²) in [5.74, 6) is -1.29. The first-order valence-electron chi connectivity index (χ1n) is 5.90. The second kappa shape index (κ2) is 7.53. The molecule has 1 rings (SSSR count). The van der Waals surface area contributed by atoms with Gasteiger partial charge in [-0.25, -0.2) is 4.79 Å². The van der Waals surface area contributed by atoms with Gasteiger partial charge in [0.15, 0.2) is 6.10 Å². The Morgan fingerprint density at radius 3 is 2.81 bits per heavy atom. The predicted molar refractivity (Wildman–Crippen MR) is 78.9 cm³/mol. The van der Waals surface area contributed by atoms with Gasteiger partial charge in [0.25, 0.3) is 11.6 Å². The molecule has 0 bridgehead atoms. The molecule has 7 nitrogen and oxygen atoms in total. The molecule has 0 radical (unpaired) electrons. The number of amides is 1. The number of nitro benzene ring substituents is 1. The third-order valence-electron chi connectivity index (χ3n) is 2.45. The minimum Gasteiger partial charge on any atom is -0.449 e. The first-order chi connectivity index (χ1) is 9.86. The largest absolute Gasteiger partial charge is 0.449 e. The number of benzene rings is 1. The Bertz CT molecular complexity index is 588. The average Bonchev–Trinajstić information content (AvgIpc) is 2.44. The first kappa shape index (κ1) is 16.8. The molecule has 1 N–H and O–H groups in total. The summed E-state index contributed by atoms with van der Waals surface area (Å²) in [5.41, 5.74) is -0.263. The molecule has 8 heteroatoms. The summed E-state index contributed by atoms with van der Waals surface area (Å²) in [4.78, 5) is 33.6. The van der Waals surface area contributed by atoms with Crippen LogP contribution in [0, 0.1) is 10.1 Å². The van der Waals surface area contributed by atoms with Crippen LogP contribution < -0.4 is 5.32 Å². The van der Waals surface area contributed by atoms with Gasteiger partial charge in [-0.3, -0.25) is 14.9 Å². The van der Waals surface area contributed by atoms with Crippen LogP contribution in [0.4, 0.5) is 5.69 Å². The minimum atomic E-state index is -1.01. The summed E-state index contributed by atoms with van der Waals surface area (Å²) in [5, 5.41) is 13.3. The first-order valence-corrected chi connectivity index (χ1v) is 6.69. The lowest BCUT2D eigenvalue weighted by atomic mass is 10.2. The van der Waals surface area contributed by atoms with Crippen molar-refractivity contribution in [2.45, 2.75) is 13.0 Å². The van der Waals surface area contributed by atoms with E-state index in [-0.39, 0.29) is 22.3 Å². The number of hydrogen-bond donors (Lipinski definition) is 1. The van der Waals surface area contributed by atoms with E-state index < -0.39 is 22.9 Å². The van der Waals surface area contributed by atoms with Crippen molar-refractivity contribution in [3.63, 3.8) is 0 Å². The fourth-order valence-electron chi connectivity index (χ4n) is 1.38. The highest BCUT2D eigenvalue weighted by molar-refractivity contribution is 9.10. The van der Waals surface area contributed by atoms with E-state index in [4.69, 9.17) is 4.74 Å². The van der Waals surface area contributed by atoms with Crippen molar-refractivity contribution in [3.05, 3.63) is 51.0 Å². The van der Waals surface area contributed by atoms with E-state index >= 15 is 0 Å². The van der Waals surface area contributed by atoms with Gasteiger partial charge in [0.2, 0.25) is 0 Å². The van der Waals surface area contributed by atoms with Gasteiger partial charge in [0.05, 0.1) is 15.0 Å². The van der Waals surface area contributed by atoms with Gasteiger partial charge in [-0.15, -0.1) is 6.58 Å². The highest BCUT2D eigenvalue weighted by Crippen LogP contribution is 2.26. The van der Waals surface area contributed by atoms with Crippen molar-refractivity contribution in [2.75, 3.05) is 6.54 Å². The molecule has 1 atom stereocenters. The summed E-state index contributed by atoms with van der Waals surface area (Å²) >= 11 is 3.02. The van der Waals surface area contributed by atoms with E-state index in [1.165, 1.54) is 25.1 Å². The smallest absolute Gasteiger partial charge is 0.339 e. The number of hydrogen-bond acceptors (Lipinski definition) is 5. The van der Waals surface area contributed by atoms with Crippen LogP contribution in [-0.2, 0) is 9.53 Å². The molecule has 1 unspecified atom stereocenters. The van der Waals surface area contributed by atoms with Crippen LogP contribution in [0.25, 0.3) is 0 Å². The molecule has 1 aromatic rings. The Labute approximate surface area is 129 Å². The summed E-state index contributed by atoms with van der Waals surface area (Å²) in [6.45, 7) is 5.10. The molecule has 0 fully saturated rings. The lowest BCUT2D eigenvalue weighted by molar-refractivity contribution is -0.385. The topological polar surface area (TPSA) is 98.5 Å². The molecule has 0 heterocycles. The van der Waals surface area contributed by atoms with Gasteiger partial charge < -0.3 is 10.1 Å². The van der Waals surface area contributed by atoms with Gasteiger partial charge in [-0.1, -0.05) is 6.08 Å². The van der Waals surface area contributed by atoms with Crippen LogP contribution in [-0.4, -0.2) is 29.4 Å². The summed E-state index contributed by atoms with van der Waals surface area (Å²) in [7, 11) is 0. The molecule has 0 aromatic heterocycles. The number of ether oxygens (including phenoxy) is 1. The third kappa shape index (κ3) is 4.67. The normalized spacial score (nSPS) is 11.3. The van der Waals surface area contributed by atoms with Gasteiger partial charge >= 0.3 is 5.97 Å². The molecule has 0 spiro atoms. The van der Waals surface area contributed by atoms with Crippen LogP contribution in [0.15, 0.2) is 35.3 Å². The van der Waals surface area contributed by atoms with E-state index in [1.807, 2.05) is 0 Å². The summed E-state index contributed by atoms with van der Waals surface area (Å²) in [6, 6.07) is 3.83. The third-order valence-corrected chi connectivity index (χ3v) is 3.12. The quantitative estimate of drug-likeness (QED) is 0.364. The number of nitrogens with one attached hydrogen (secondary N) is 1. The lowest BCUT2D eigenvalue weighted by Crippen LogP contribution is -2.35. The predicted octanol–water partition coefficient (Wildman–Crippen LogP) is 2.20. The second-order valence-corrected chi connectivity index (χ2v) is 4.86. The Kier molecular flexibility index (Phi) is 6.04. The number of esters is 1. The van der Waals surface area contributed by atoms with E-state index in [0.717, 1.165) is 6.07 Å². The highest BCUT2D eigenvalue weighted by atomic mass is 79.9. The molecule has 1 aromatic carbocycles. The maximum Gasteiger partial charge on any atom is 0.339 e. The van der Waals surface area contributed by atoms with Crippen molar-refractivity contribution in [1.82, 2.24) is 5.32 Å². The highest BCUT2D eigenvalue weighted by Gasteiger charge is 2.21. The molecule has 0 aliphatic heterocycles. The monoisotopic (exact) mass is 356 g/mol. The van der Waals surface area contributed by atoms with Crippen LogP contribution in [0.2, 0.25) is 0 Å². The Morgan fingerprint density at radius 2 is 2.24 bits per heavy atom. The molecule has 0 aliphatic carbocycles. The van der Waals surface area contributed by atoms with Crippen LogP contribution >= 0.6 is 15.9 Å². The average molecular weight is 357 g/mol. The standard InChI is InChI=1S/C13H13BrN2O5/c1-3-6-15-12(17)8(2)21-13(18)9-4-5-10(14)11(7-9)16(19)20/h3-5,7-8H,1,6H2,2H3,(H,15,17). The molecule has 112 valence electrons. The molecular formula is C13H13BrN2O5. The molecule has 0 saturated carbocycles. The molecule has 0 aliphatic rings. The van der Waals surface area contributed by atoms with Crippen LogP contribution in [0.1, 0.15) is 17.3 Å². The maximum absolute atomic E-state index is 11.9. The van der Waals surface area contributed by atoms with Crippen molar-refractivity contribution < 1.29 is 19.2 Å². The SMILES string of the molecule is C=CCNC(=O)C(C)OC(=O)c1ccc(Br)c([N+](=O)[O-])c1. The fraction of sp³-hybridized carbons (Fsp3) is 0.231. The summed E-state index contributed by atoms with van der Waals surface area (Å²) in [6.07, 6.45) is 0.477. The van der Waals surface area contributed by atoms with Crippen LogP contribution in [0.5, 0.6) is 0 Å². The number of rotatable bonds is 6. The zero-order chi connectivity index (χ0) is 16.0. The number of carbonyl (C=O) groups excluding carboxylic acids is 2. The Morgan fingerprint density at radius 1 is 1.57 bits per heavy atom. The lowest BCUT2D eigenvalue weighted by Gasteiger charge is -2.12. The van der Waals surface area contributed by atoms with Gasteiger partial charge in [0.1, 0.15) is 0 Å². The molecule has 1 amide bonds. The van der Waals surface area contributed by atoms with E-state index in [9.17, 15) is 19.7 Å². The molecule has 0 saturated heterocycles. The van der Waals surface area contributed by atoms with Gasteiger partial charge in [0, 0.05) is 12.6 Å². The second-order valence-electron chi connectivity index (χ2n) is 4.00. The zero-order valence-corrected chi connectivity index (χ0v) is 12.8. The molecular weight excluding hydrogens is 344 g/mol. The van der Waals surface area contributed by atoms with E-state index in [1.54, 1.807) is 0 Å². The minimum absolute atomic E-state index is 0.00623. The number of nitro groups is 1. The van der Waals surface area contributed by atoms with Gasteiger partial charge in [-0.05, 0) is 35.0 Å². The van der Waals surface area contributed by atoms with Crippen molar-refractivity contribution >= 4 is 33.5 Å². The van der Waals surface area contributed by atoms with Gasteiger partial charge in [-0.2, -0.15) is 0 Å². The fourth-order valence-corrected chi connectivity index (χ4v) is 1.77. The number of carbonyl (C=O) groups is 2. The van der Waals surface area contributed by atoms with Crippen molar-refractivity contribution in [2.24, 2.45) is 0 Å². The maximum atomic E-state index is 11.9. The Balaban J connectivity index is 2.80. The van der Waals surface area contributed by atoms with Crippen molar-refractivity contribution in [3.8, 4) is 0 Å². The Hall–Kier alpha value is -2.22. The number of halogens is 1. The van der Waals surface area contributed by atoms with E-state index in [0.29, 0.717) is 0 Å². The zero-order valence-electron chi connectivity index (χ0n) is 11.2. The number of nitrogens with zero attached hydrogens (tertiary/aromatic N) is 1. The van der Waals surface area contributed by atoms with Crippen molar-refractivity contribution in [1.29, 1.82) is 0 Å². The van der Waals surface area contributed by atoms with E-state index in [2.05, 4.69) is 27.8 Å². The van der Waals surface area contributed by atoms with Crippen LogP contribution in [0.3, 0.4) is 0 Å². The molecule has 21 heavy (non-hydrogen) atoms. The summed E-state index contributed by atoms with van der Waals surface area (Å²) < 4.78 is 5.20.